The average Bonchev–Trinajstić information content (AvgIpc) is 3.47. The molecule has 1 aliphatic carbocycles. The SMILES string of the molecule is O=C(NC1CCCCC1)[C@@H](c1ccco1)N(C(=O)Cc1cccs1)c1cccc(F)c1. The Kier molecular flexibility index (Phi) is 6.82. The highest BCUT2D eigenvalue weighted by Crippen LogP contribution is 2.31. The van der Waals surface area contributed by atoms with Crippen molar-refractivity contribution in [2.24, 2.45) is 0 Å². The molecule has 1 atom stereocenters. The zero-order valence-corrected chi connectivity index (χ0v) is 17.9. The molecule has 4 rings (SSSR count). The summed E-state index contributed by atoms with van der Waals surface area (Å²) in [5.74, 6) is -0.742. The smallest absolute Gasteiger partial charge is 0.251 e. The van der Waals surface area contributed by atoms with Gasteiger partial charge in [0.1, 0.15) is 11.6 Å². The first-order chi connectivity index (χ1) is 15.1. The second-order valence-electron chi connectivity index (χ2n) is 7.76. The molecule has 3 aromatic rings. The summed E-state index contributed by atoms with van der Waals surface area (Å²) in [6.07, 6.45) is 6.73. The van der Waals surface area contributed by atoms with Crippen LogP contribution in [0.4, 0.5) is 10.1 Å². The van der Waals surface area contributed by atoms with Gasteiger partial charge in [0.2, 0.25) is 5.91 Å². The number of carbonyl (C=O) groups is 2. The van der Waals surface area contributed by atoms with Crippen molar-refractivity contribution in [3.63, 3.8) is 0 Å². The number of anilines is 1. The molecule has 0 spiro atoms. The number of nitrogens with one attached hydrogen (secondary N) is 1. The monoisotopic (exact) mass is 440 g/mol. The molecule has 0 saturated heterocycles. The quantitative estimate of drug-likeness (QED) is 0.546. The maximum absolute atomic E-state index is 14.1. The fourth-order valence-electron chi connectivity index (χ4n) is 4.06. The third kappa shape index (κ3) is 5.22. The zero-order chi connectivity index (χ0) is 21.6. The summed E-state index contributed by atoms with van der Waals surface area (Å²) in [6.45, 7) is 0. The van der Waals surface area contributed by atoms with Crippen LogP contribution in [0.1, 0.15) is 48.8 Å². The van der Waals surface area contributed by atoms with Crippen molar-refractivity contribution >= 4 is 28.8 Å². The van der Waals surface area contributed by atoms with Gasteiger partial charge >= 0.3 is 0 Å². The lowest BCUT2D eigenvalue weighted by atomic mass is 9.95. The van der Waals surface area contributed by atoms with Crippen molar-refractivity contribution in [3.05, 3.63) is 76.6 Å². The van der Waals surface area contributed by atoms with Gasteiger partial charge in [-0.1, -0.05) is 31.4 Å². The maximum Gasteiger partial charge on any atom is 0.251 e. The van der Waals surface area contributed by atoms with Crippen molar-refractivity contribution in [2.45, 2.75) is 50.6 Å². The van der Waals surface area contributed by atoms with Gasteiger partial charge in [0.25, 0.3) is 5.91 Å². The van der Waals surface area contributed by atoms with Crippen molar-refractivity contribution in [3.8, 4) is 0 Å². The summed E-state index contributed by atoms with van der Waals surface area (Å²) in [5.41, 5.74) is 0.321. The first-order valence-corrected chi connectivity index (χ1v) is 11.4. The van der Waals surface area contributed by atoms with Crippen LogP contribution in [0.3, 0.4) is 0 Å². The van der Waals surface area contributed by atoms with Gasteiger partial charge in [0, 0.05) is 16.6 Å². The highest BCUT2D eigenvalue weighted by atomic mass is 32.1. The highest BCUT2D eigenvalue weighted by molar-refractivity contribution is 7.10. The van der Waals surface area contributed by atoms with E-state index in [1.54, 1.807) is 18.2 Å². The summed E-state index contributed by atoms with van der Waals surface area (Å²) in [5, 5.41) is 5.00. The van der Waals surface area contributed by atoms with Gasteiger partial charge in [-0.2, -0.15) is 0 Å². The Labute approximate surface area is 184 Å². The van der Waals surface area contributed by atoms with Crippen LogP contribution in [0.5, 0.6) is 0 Å². The van der Waals surface area contributed by atoms with Gasteiger partial charge in [-0.3, -0.25) is 14.5 Å². The molecule has 1 fully saturated rings. The van der Waals surface area contributed by atoms with Crippen LogP contribution in [-0.2, 0) is 16.0 Å². The van der Waals surface area contributed by atoms with Crippen molar-refractivity contribution in [2.75, 3.05) is 4.90 Å². The van der Waals surface area contributed by atoms with E-state index < -0.39 is 11.9 Å². The molecule has 2 aromatic heterocycles. The van der Waals surface area contributed by atoms with Gasteiger partial charge in [0.15, 0.2) is 6.04 Å². The van der Waals surface area contributed by atoms with Crippen LogP contribution in [-0.4, -0.2) is 17.9 Å². The number of benzene rings is 1. The van der Waals surface area contributed by atoms with Gasteiger partial charge in [-0.25, -0.2) is 4.39 Å². The Morgan fingerprint density at radius 1 is 1.13 bits per heavy atom. The summed E-state index contributed by atoms with van der Waals surface area (Å²) in [4.78, 5) is 29.1. The minimum absolute atomic E-state index is 0.0699. The number of thiophene rings is 1. The first-order valence-electron chi connectivity index (χ1n) is 10.6. The van der Waals surface area contributed by atoms with Gasteiger partial charge in [0.05, 0.1) is 12.7 Å². The molecule has 2 amide bonds. The molecule has 2 heterocycles. The van der Waals surface area contributed by atoms with Crippen molar-refractivity contribution in [1.82, 2.24) is 5.32 Å². The van der Waals surface area contributed by atoms with Crippen LogP contribution in [0.15, 0.2) is 64.6 Å². The minimum atomic E-state index is -1.02. The Morgan fingerprint density at radius 2 is 1.97 bits per heavy atom. The lowest BCUT2D eigenvalue weighted by molar-refractivity contribution is -0.127. The molecule has 0 aliphatic heterocycles. The van der Waals surface area contributed by atoms with Crippen LogP contribution >= 0.6 is 11.3 Å². The Balaban J connectivity index is 1.70. The molecule has 0 bridgehead atoms. The number of carbonyl (C=O) groups excluding carboxylic acids is 2. The van der Waals surface area contributed by atoms with E-state index in [0.717, 1.165) is 30.6 Å². The minimum Gasteiger partial charge on any atom is -0.467 e. The molecule has 162 valence electrons. The van der Waals surface area contributed by atoms with E-state index in [2.05, 4.69) is 5.32 Å². The predicted molar refractivity (Wildman–Crippen MR) is 118 cm³/mol. The maximum atomic E-state index is 14.1. The molecule has 7 heteroatoms. The lowest BCUT2D eigenvalue weighted by Crippen LogP contribution is -2.47. The summed E-state index contributed by atoms with van der Waals surface area (Å²) in [7, 11) is 0. The molecular formula is C24H25FN2O3S. The fraction of sp³-hybridized carbons (Fsp3) is 0.333. The third-order valence-corrected chi connectivity index (χ3v) is 6.41. The second-order valence-corrected chi connectivity index (χ2v) is 8.79. The summed E-state index contributed by atoms with van der Waals surface area (Å²) in [6, 6.07) is 11.9. The first kappa shape index (κ1) is 21.3. The molecule has 0 radical (unpaired) electrons. The second kappa shape index (κ2) is 9.92. The molecule has 1 saturated carbocycles. The van der Waals surface area contributed by atoms with Crippen molar-refractivity contribution in [1.29, 1.82) is 0 Å². The number of furan rings is 1. The Hall–Kier alpha value is -2.93. The molecule has 1 N–H and O–H groups in total. The third-order valence-electron chi connectivity index (χ3n) is 5.53. The number of halogens is 1. The largest absolute Gasteiger partial charge is 0.467 e. The molecule has 0 unspecified atom stereocenters. The van der Waals surface area contributed by atoms with E-state index in [4.69, 9.17) is 4.42 Å². The normalized spacial score (nSPS) is 15.4. The predicted octanol–water partition coefficient (Wildman–Crippen LogP) is 5.25. The van der Waals surface area contributed by atoms with Gasteiger partial charge in [-0.15, -0.1) is 11.3 Å². The summed E-state index contributed by atoms with van der Waals surface area (Å²) < 4.78 is 19.7. The highest BCUT2D eigenvalue weighted by Gasteiger charge is 2.36. The molecule has 5 nitrogen and oxygen atoms in total. The zero-order valence-electron chi connectivity index (χ0n) is 17.1. The van der Waals surface area contributed by atoms with E-state index in [1.807, 2.05) is 17.5 Å². The number of hydrogen-bond acceptors (Lipinski definition) is 4. The fourth-order valence-corrected chi connectivity index (χ4v) is 4.75. The molecule has 31 heavy (non-hydrogen) atoms. The van der Waals surface area contributed by atoms with E-state index >= 15 is 0 Å². The molecule has 1 aromatic carbocycles. The van der Waals surface area contributed by atoms with Gasteiger partial charge < -0.3 is 9.73 Å². The van der Waals surface area contributed by atoms with E-state index in [9.17, 15) is 14.0 Å². The van der Waals surface area contributed by atoms with E-state index in [1.165, 1.54) is 47.1 Å². The summed E-state index contributed by atoms with van der Waals surface area (Å²) >= 11 is 1.47. The van der Waals surface area contributed by atoms with Gasteiger partial charge in [-0.05, 0) is 54.6 Å². The average molecular weight is 441 g/mol. The number of nitrogens with zero attached hydrogens (tertiary/aromatic N) is 1. The Morgan fingerprint density at radius 3 is 2.65 bits per heavy atom. The number of rotatable bonds is 7. The topological polar surface area (TPSA) is 62.6 Å². The van der Waals surface area contributed by atoms with Crippen LogP contribution in [0.2, 0.25) is 0 Å². The van der Waals surface area contributed by atoms with Crippen LogP contribution in [0, 0.1) is 5.82 Å². The molecular weight excluding hydrogens is 415 g/mol. The standard InChI is InChI=1S/C24H25FN2O3S/c25-17-7-4-10-19(15-17)27(22(28)16-20-11-6-14-31-20)23(21-12-5-13-30-21)24(29)26-18-8-2-1-3-9-18/h4-7,10-15,18,23H,1-3,8-9,16H2,(H,26,29)/t23-/m1/s1. The van der Waals surface area contributed by atoms with E-state index in [0.29, 0.717) is 11.4 Å². The van der Waals surface area contributed by atoms with Crippen molar-refractivity contribution < 1.29 is 18.4 Å². The number of amides is 2. The number of hydrogen-bond donors (Lipinski definition) is 1. The molecule has 1 aliphatic rings. The lowest BCUT2D eigenvalue weighted by Gasteiger charge is -2.32. The van der Waals surface area contributed by atoms with Crippen LogP contribution < -0.4 is 10.2 Å². The Bertz CT molecular complexity index is 998. The van der Waals surface area contributed by atoms with E-state index in [-0.39, 0.29) is 24.3 Å². The van der Waals surface area contributed by atoms with Crippen LogP contribution in [0.25, 0.3) is 0 Å².